The fourth-order valence-electron chi connectivity index (χ4n) is 15.1. The van der Waals surface area contributed by atoms with E-state index < -0.39 is 0 Å². The summed E-state index contributed by atoms with van der Waals surface area (Å²) < 4.78 is 2.50. The van der Waals surface area contributed by atoms with Gasteiger partial charge in [-0.15, -0.1) is 0 Å². The minimum Gasteiger partial charge on any atom is -0.310 e. The molecule has 0 amide bonds. The number of hydrogen-bond donors (Lipinski definition) is 0. The zero-order chi connectivity index (χ0) is 61.8. The molecular weight excluding hydrogens is 1120 g/mol. The molecule has 14 aromatic carbocycles. The van der Waals surface area contributed by atoms with Gasteiger partial charge in [0, 0.05) is 61.5 Å². The molecule has 2 aliphatic rings. The molecule has 3 heterocycles. The zero-order valence-corrected chi connectivity index (χ0v) is 52.0. The number of hydrogen-bond acceptors (Lipinski definition) is 2. The number of aryl methyl sites for hydroxylation is 1. The van der Waals surface area contributed by atoms with Gasteiger partial charge in [-0.3, -0.25) is 0 Å². The van der Waals surface area contributed by atoms with Crippen LogP contribution in [0.5, 0.6) is 0 Å². The molecule has 0 aliphatic carbocycles. The lowest BCUT2D eigenvalue weighted by Gasteiger charge is -2.46. The van der Waals surface area contributed by atoms with Crippen LogP contribution in [0.4, 0.5) is 34.1 Å². The van der Waals surface area contributed by atoms with Gasteiger partial charge in [-0.1, -0.05) is 287 Å². The minimum atomic E-state index is -0.194. The Balaban J connectivity index is 1.05. The first-order valence-electron chi connectivity index (χ1n) is 32.9. The quantitative estimate of drug-likeness (QED) is 0.0794. The maximum atomic E-state index is 2.73. The van der Waals surface area contributed by atoms with Crippen molar-refractivity contribution in [2.24, 2.45) is 0 Å². The van der Waals surface area contributed by atoms with E-state index in [1.807, 2.05) is 0 Å². The molecule has 0 N–H and O–H groups in total. The van der Waals surface area contributed by atoms with E-state index in [1.165, 1.54) is 88.6 Å². The van der Waals surface area contributed by atoms with Crippen LogP contribution in [0.25, 0.3) is 105 Å². The van der Waals surface area contributed by atoms with E-state index >= 15 is 0 Å². The Morgan fingerprint density at radius 1 is 0.280 bits per heavy atom. The second-order valence-corrected chi connectivity index (χ2v) is 24.9. The van der Waals surface area contributed by atoms with Crippen LogP contribution in [0.15, 0.2) is 334 Å². The minimum absolute atomic E-state index is 0.194. The van der Waals surface area contributed by atoms with Gasteiger partial charge >= 0.3 is 0 Å². The van der Waals surface area contributed by atoms with Gasteiger partial charge in [0.1, 0.15) is 0 Å². The molecule has 1 aromatic heterocycles. The highest BCUT2D eigenvalue weighted by molar-refractivity contribution is 7.00. The predicted molar refractivity (Wildman–Crippen MR) is 396 cm³/mol. The van der Waals surface area contributed by atoms with Crippen molar-refractivity contribution in [3.05, 3.63) is 339 Å². The van der Waals surface area contributed by atoms with E-state index in [0.717, 1.165) is 98.5 Å². The largest absolute Gasteiger partial charge is 0.310 e. The maximum absolute atomic E-state index is 2.73. The van der Waals surface area contributed by atoms with Crippen LogP contribution in [-0.4, -0.2) is 11.3 Å². The van der Waals surface area contributed by atoms with Gasteiger partial charge in [0.05, 0.1) is 22.4 Å². The van der Waals surface area contributed by atoms with Crippen LogP contribution in [0, 0.1) is 0 Å². The van der Waals surface area contributed by atoms with Crippen LogP contribution in [0.2, 0.25) is 0 Å². The Labute approximate surface area is 545 Å². The first kappa shape index (κ1) is 55.6. The first-order valence-corrected chi connectivity index (χ1v) is 32.9. The summed E-state index contributed by atoms with van der Waals surface area (Å²) in [6.07, 6.45) is 4.24. The molecule has 4 heteroatoms. The number of anilines is 6. The van der Waals surface area contributed by atoms with Crippen molar-refractivity contribution in [3.63, 3.8) is 0 Å². The third kappa shape index (κ3) is 9.77. The molecule has 3 nitrogen and oxygen atoms in total. The number of para-hydroxylation sites is 2. The van der Waals surface area contributed by atoms with Gasteiger partial charge in [-0.05, 0) is 157 Å². The summed E-state index contributed by atoms with van der Waals surface area (Å²) in [5.74, 6) is 0. The monoisotopic (exact) mass is 1190 g/mol. The van der Waals surface area contributed by atoms with Gasteiger partial charge < -0.3 is 14.4 Å². The Bertz CT molecular complexity index is 5090. The van der Waals surface area contributed by atoms with E-state index in [0.29, 0.717) is 0 Å². The average molecular weight is 1190 g/mol. The number of benzene rings is 14. The Morgan fingerprint density at radius 3 is 1.10 bits per heavy atom. The molecular formula is C89H66BN3. The van der Waals surface area contributed by atoms with Crippen molar-refractivity contribution in [3.8, 4) is 83.6 Å². The second-order valence-electron chi connectivity index (χ2n) is 24.9. The molecule has 0 bridgehead atoms. The van der Waals surface area contributed by atoms with E-state index in [-0.39, 0.29) is 6.71 Å². The van der Waals surface area contributed by atoms with Gasteiger partial charge in [0.15, 0.2) is 0 Å². The lowest BCUT2D eigenvalue weighted by atomic mass is 9.33. The standard InChI is InChI=1S/C89H66BN3/c1-2-3-11-30-61-53-85-87-86(54-61)93(89-77(67-41-22-9-23-42-67)57-71(64-35-16-6-17-36-64)58-78(89)68-43-24-10-25-44-68)84-60-72(91-81-47-28-26-45-73(81)74-46-27-29-48-82(74)91)50-51-79(84)90(87)80-59-69(62-31-12-4-13-32-62)49-52-83(80)92(85)88-75(65-37-18-7-19-38-65)55-70(63-33-14-5-15-34-63)56-76(88)66-39-20-8-21-40-66/h4-10,12-29,31-60H,2-3,11,30H2,1H3. The summed E-state index contributed by atoms with van der Waals surface area (Å²) in [6.45, 7) is 2.13. The molecule has 0 spiro atoms. The third-order valence-corrected chi connectivity index (χ3v) is 19.3. The molecule has 0 unspecified atom stereocenters. The van der Waals surface area contributed by atoms with E-state index in [1.54, 1.807) is 0 Å². The van der Waals surface area contributed by atoms with E-state index in [9.17, 15) is 0 Å². The molecule has 440 valence electrons. The summed E-state index contributed by atoms with van der Waals surface area (Å²) >= 11 is 0. The second kappa shape index (κ2) is 23.7. The number of rotatable bonds is 14. The number of unbranched alkanes of at least 4 members (excludes halogenated alkanes) is 2. The first-order chi connectivity index (χ1) is 46.1. The third-order valence-electron chi connectivity index (χ3n) is 19.3. The fourth-order valence-corrected chi connectivity index (χ4v) is 15.1. The molecule has 0 fully saturated rings. The Kier molecular flexibility index (Phi) is 14.2. The summed E-state index contributed by atoms with van der Waals surface area (Å²) in [5.41, 5.74) is 31.8. The van der Waals surface area contributed by atoms with Crippen LogP contribution < -0.4 is 26.2 Å². The predicted octanol–water partition coefficient (Wildman–Crippen LogP) is 22.3. The van der Waals surface area contributed by atoms with Crippen molar-refractivity contribution in [1.29, 1.82) is 0 Å². The highest BCUT2D eigenvalue weighted by Crippen LogP contribution is 2.55. The van der Waals surface area contributed by atoms with Crippen LogP contribution in [0.1, 0.15) is 31.7 Å². The lowest BCUT2D eigenvalue weighted by Crippen LogP contribution is -2.61. The molecule has 0 radical (unpaired) electrons. The molecule has 93 heavy (non-hydrogen) atoms. The smallest absolute Gasteiger partial charge is 0.252 e. The zero-order valence-electron chi connectivity index (χ0n) is 52.0. The highest BCUT2D eigenvalue weighted by Gasteiger charge is 2.46. The number of aromatic nitrogens is 1. The van der Waals surface area contributed by atoms with E-state index in [2.05, 4.69) is 355 Å². The molecule has 17 rings (SSSR count). The summed E-state index contributed by atoms with van der Waals surface area (Å²) in [4.78, 5) is 5.43. The lowest BCUT2D eigenvalue weighted by molar-refractivity contribution is 0.717. The van der Waals surface area contributed by atoms with Gasteiger partial charge in [0.2, 0.25) is 0 Å². The van der Waals surface area contributed by atoms with Gasteiger partial charge in [-0.25, -0.2) is 0 Å². The molecule has 15 aromatic rings. The van der Waals surface area contributed by atoms with Crippen molar-refractivity contribution in [2.75, 3.05) is 9.80 Å². The molecule has 0 atom stereocenters. The van der Waals surface area contributed by atoms with Crippen molar-refractivity contribution < 1.29 is 0 Å². The van der Waals surface area contributed by atoms with Crippen molar-refractivity contribution >= 4 is 79.0 Å². The normalized spacial score (nSPS) is 12.2. The van der Waals surface area contributed by atoms with Crippen molar-refractivity contribution in [1.82, 2.24) is 4.57 Å². The Morgan fingerprint density at radius 2 is 0.667 bits per heavy atom. The molecule has 0 saturated carbocycles. The number of nitrogens with zero attached hydrogens (tertiary/aromatic N) is 3. The van der Waals surface area contributed by atoms with Crippen LogP contribution >= 0.6 is 0 Å². The van der Waals surface area contributed by atoms with Crippen molar-refractivity contribution in [2.45, 2.75) is 32.6 Å². The topological polar surface area (TPSA) is 11.4 Å². The maximum Gasteiger partial charge on any atom is 0.252 e. The Hall–Kier alpha value is -11.5. The molecule has 0 saturated heterocycles. The average Bonchev–Trinajstić information content (AvgIpc) is 1.02. The SMILES string of the molecule is CCCCCc1cc2c3c(c1)N(c1c(-c4ccccc4)cc(-c4ccccc4)cc1-c1ccccc1)c1cc(-n4c5ccccc5c5ccccc54)ccc1B3c1cc(-c3ccccc3)ccc1N2c1c(-c2ccccc2)cc(-c2ccccc2)cc1-c1ccccc1. The summed E-state index contributed by atoms with van der Waals surface area (Å²) in [6, 6.07) is 125. The summed E-state index contributed by atoms with van der Waals surface area (Å²) in [7, 11) is 0. The van der Waals surface area contributed by atoms with E-state index in [4.69, 9.17) is 0 Å². The number of fused-ring (bicyclic) bond motifs is 7. The van der Waals surface area contributed by atoms with Crippen LogP contribution in [-0.2, 0) is 6.42 Å². The summed E-state index contributed by atoms with van der Waals surface area (Å²) in [5, 5.41) is 2.47. The highest BCUT2D eigenvalue weighted by atomic mass is 15.2. The van der Waals surface area contributed by atoms with Gasteiger partial charge in [-0.2, -0.15) is 0 Å². The molecule has 2 aliphatic heterocycles. The van der Waals surface area contributed by atoms with Gasteiger partial charge in [0.25, 0.3) is 6.71 Å². The fraction of sp³-hybridized carbons (Fsp3) is 0.0562. The van der Waals surface area contributed by atoms with Crippen LogP contribution in [0.3, 0.4) is 0 Å².